The molecule has 19 nitrogen and oxygen atoms in total. The Labute approximate surface area is 457 Å². The summed E-state index contributed by atoms with van der Waals surface area (Å²) in [5.41, 5.74) is 0.597. The van der Waals surface area contributed by atoms with Gasteiger partial charge in [0.05, 0.1) is 5.41 Å². The van der Waals surface area contributed by atoms with Crippen LogP contribution in [0.3, 0.4) is 0 Å². The second-order valence-electron chi connectivity index (χ2n) is 21.5. The quantitative estimate of drug-likeness (QED) is 0.249. The summed E-state index contributed by atoms with van der Waals surface area (Å²) in [6, 6.07) is 19.0. The second kappa shape index (κ2) is 27.6. The second-order valence-corrected chi connectivity index (χ2v) is 21.5. The van der Waals surface area contributed by atoms with Crippen LogP contribution in [0.15, 0.2) is 97.1 Å². The molecule has 0 aliphatic carbocycles. The van der Waals surface area contributed by atoms with Crippen molar-refractivity contribution < 1.29 is 57.4 Å². The summed E-state index contributed by atoms with van der Waals surface area (Å²) in [7, 11) is 4.65. The number of fused-ring (bicyclic) bond motifs is 4. The number of nitrogens with zero attached hydrogens (tertiary/aromatic N) is 5. The van der Waals surface area contributed by atoms with Crippen molar-refractivity contribution in [3.63, 3.8) is 0 Å². The van der Waals surface area contributed by atoms with Gasteiger partial charge >= 0.3 is 11.9 Å². The van der Waals surface area contributed by atoms with Crippen LogP contribution in [0.1, 0.15) is 108 Å². The van der Waals surface area contributed by atoms with Gasteiger partial charge in [-0.2, -0.15) is 0 Å². The molecule has 7 amide bonds. The highest BCUT2D eigenvalue weighted by molar-refractivity contribution is 6.38. The number of hydrogen-bond acceptors (Lipinski definition) is 12. The number of amides is 7. The average molecular weight is 1070 g/mol. The number of ketones is 1. The number of ether oxygens (including phenoxy) is 2. The molecule has 2 bridgehead atoms. The van der Waals surface area contributed by atoms with Gasteiger partial charge in [-0.1, -0.05) is 92.7 Å². The number of carbonyl (C=O) groups is 10. The summed E-state index contributed by atoms with van der Waals surface area (Å²) < 4.78 is 11.1. The van der Waals surface area contributed by atoms with Gasteiger partial charge in [0.1, 0.15) is 43.4 Å². The molecule has 78 heavy (non-hydrogen) atoms. The molecule has 3 aromatic rings. The normalized spacial score (nSPS) is 24.3. The number of piperidine rings is 1. The molecule has 19 heteroatoms. The van der Waals surface area contributed by atoms with Gasteiger partial charge in [-0.3, -0.25) is 38.4 Å². The van der Waals surface area contributed by atoms with Crippen molar-refractivity contribution in [3.05, 3.63) is 114 Å². The zero-order valence-corrected chi connectivity index (χ0v) is 45.9. The van der Waals surface area contributed by atoms with Crippen LogP contribution in [0.25, 0.3) is 0 Å². The zero-order chi connectivity index (χ0) is 56.7. The Balaban J connectivity index is 1.28. The first-order valence-corrected chi connectivity index (χ1v) is 26.9. The highest BCUT2D eigenvalue weighted by atomic mass is 16.5. The molecule has 0 aromatic heterocycles. The predicted octanol–water partition coefficient (Wildman–Crippen LogP) is 5.18. The molecule has 6 rings (SSSR count). The van der Waals surface area contributed by atoms with E-state index in [0.29, 0.717) is 48.9 Å². The number of carbonyl (C=O) groups excluding carboxylic acids is 10. The van der Waals surface area contributed by atoms with Crippen molar-refractivity contribution >= 4 is 64.8 Å². The summed E-state index contributed by atoms with van der Waals surface area (Å²) in [4.78, 5) is 147. The van der Waals surface area contributed by atoms with Gasteiger partial charge in [0.2, 0.25) is 41.2 Å². The molecule has 3 aliphatic heterocycles. The van der Waals surface area contributed by atoms with Crippen molar-refractivity contribution in [2.75, 3.05) is 52.7 Å². The SMILES string of the molecule is CC(C)C[C@H]1C(=O)N(C)CC/C=C/C(=O)OCC(C)(C)C(=O)C(=O)N2CCCCC2C(=O)OCc2cccc(c2)NC(=O)CCC(=O)N[C@@H](c2ccccc2)C(=O)N(C)[C@@H](Cc2ccccc2)C(=O)N2CCCC2C(=O)N1C. The van der Waals surface area contributed by atoms with E-state index in [0.717, 1.165) is 5.56 Å². The smallest absolute Gasteiger partial charge is 0.330 e. The Kier molecular flexibility index (Phi) is 21.0. The Morgan fingerprint density at radius 2 is 1.31 bits per heavy atom. The fraction of sp³-hybridized carbons (Fsp3) is 0.492. The first-order chi connectivity index (χ1) is 37.2. The molecule has 3 aliphatic rings. The van der Waals surface area contributed by atoms with E-state index < -0.39 is 95.4 Å². The van der Waals surface area contributed by atoms with Crippen LogP contribution in [0.5, 0.6) is 0 Å². The third-order valence-corrected chi connectivity index (χ3v) is 14.5. The number of rotatable bonds is 5. The first kappa shape index (κ1) is 59.5. The monoisotopic (exact) mass is 1070 g/mol. The van der Waals surface area contributed by atoms with E-state index in [9.17, 15) is 43.2 Å². The van der Waals surface area contributed by atoms with Crippen molar-refractivity contribution in [2.24, 2.45) is 11.3 Å². The minimum Gasteiger partial charge on any atom is -0.461 e. The van der Waals surface area contributed by atoms with Crippen LogP contribution in [-0.2, 0) is 70.4 Å². The standard InChI is InChI=1S/C59H75N7O12/c1-39(2)34-46-53(71)62(5)31-16-15-28-50(69)78-38-59(3,4)52(70)57(75)66-32-17-14-26-45(66)58(76)77-37-41-22-18-25-43(35-41)60-48(67)29-30-49(68)61-51(42-23-12-9-13-24-42)56(74)64(7)47(36-40-20-10-8-11-21-40)55(73)65-33-19-27-44(65)54(72)63(46)6/h8-13,15,18,20-25,28,35,39,44-47,51H,14,16-17,19,26-27,29-34,36-38H2,1-7H3,(H,60,67)(H,61,68)/b28-15+/t44?,45?,46-,47-,51-/m0/s1. The summed E-state index contributed by atoms with van der Waals surface area (Å²) in [5, 5.41) is 5.58. The van der Waals surface area contributed by atoms with Crippen molar-refractivity contribution in [1.82, 2.24) is 29.8 Å². The number of likely N-dealkylation sites (N-methyl/N-ethyl adjacent to an activating group) is 3. The molecule has 2 N–H and O–H groups in total. The molecule has 5 atom stereocenters. The number of Topliss-reactive ketones (excluding diaryl/α,β-unsaturated/α-hetero) is 1. The van der Waals surface area contributed by atoms with Crippen LogP contribution in [0.4, 0.5) is 5.69 Å². The van der Waals surface area contributed by atoms with Gasteiger partial charge in [-0.25, -0.2) is 9.59 Å². The molecule has 2 unspecified atom stereocenters. The van der Waals surface area contributed by atoms with Gasteiger partial charge in [0.25, 0.3) is 5.91 Å². The average Bonchev–Trinajstić information content (AvgIpc) is 3.98. The Morgan fingerprint density at radius 3 is 2.01 bits per heavy atom. The number of nitrogens with one attached hydrogen (secondary N) is 2. The topological polar surface area (TPSA) is 229 Å². The van der Waals surface area contributed by atoms with Crippen molar-refractivity contribution in [2.45, 2.75) is 129 Å². The predicted molar refractivity (Wildman–Crippen MR) is 289 cm³/mol. The minimum atomic E-state index is -1.45. The van der Waals surface area contributed by atoms with Crippen molar-refractivity contribution in [1.29, 1.82) is 0 Å². The van der Waals surface area contributed by atoms with Gasteiger partial charge in [-0.15, -0.1) is 0 Å². The molecule has 3 aromatic carbocycles. The van der Waals surface area contributed by atoms with Crippen LogP contribution in [0, 0.1) is 11.3 Å². The summed E-state index contributed by atoms with van der Waals surface area (Å²) in [6.45, 7) is 6.70. The number of anilines is 1. The third-order valence-electron chi connectivity index (χ3n) is 14.5. The maximum atomic E-state index is 15.1. The Hall–Kier alpha value is -7.70. The summed E-state index contributed by atoms with van der Waals surface area (Å²) >= 11 is 0. The molecule has 3 heterocycles. The molecular formula is C59H75N7O12. The summed E-state index contributed by atoms with van der Waals surface area (Å²) in [6.07, 6.45) is 4.98. The van der Waals surface area contributed by atoms with E-state index in [1.165, 1.54) is 57.5 Å². The van der Waals surface area contributed by atoms with Crippen molar-refractivity contribution in [3.8, 4) is 0 Å². The lowest BCUT2D eigenvalue weighted by Gasteiger charge is -2.37. The summed E-state index contributed by atoms with van der Waals surface area (Å²) in [5.74, 6) is -6.24. The van der Waals surface area contributed by atoms with Gasteiger partial charge in [-0.05, 0) is 93.5 Å². The lowest BCUT2D eigenvalue weighted by molar-refractivity contribution is -0.162. The highest BCUT2D eigenvalue weighted by Crippen LogP contribution is 2.28. The number of esters is 2. The molecule has 0 saturated carbocycles. The maximum absolute atomic E-state index is 15.1. The Bertz CT molecular complexity index is 2690. The fourth-order valence-corrected chi connectivity index (χ4v) is 9.95. The van der Waals surface area contributed by atoms with Crippen LogP contribution >= 0.6 is 0 Å². The maximum Gasteiger partial charge on any atom is 0.330 e. The lowest BCUT2D eigenvalue weighted by Crippen LogP contribution is -2.58. The number of hydrogen-bond donors (Lipinski definition) is 2. The van der Waals surface area contributed by atoms with E-state index in [2.05, 4.69) is 10.6 Å². The first-order valence-electron chi connectivity index (χ1n) is 26.9. The number of cyclic esters (lactones) is 2. The molecule has 418 valence electrons. The Morgan fingerprint density at radius 1 is 0.654 bits per heavy atom. The number of benzene rings is 3. The van der Waals surface area contributed by atoms with Gasteiger partial charge in [0.15, 0.2) is 0 Å². The van der Waals surface area contributed by atoms with E-state index >= 15 is 4.79 Å². The third kappa shape index (κ3) is 15.7. The van der Waals surface area contributed by atoms with Gasteiger partial charge < -0.3 is 44.6 Å². The molecule has 0 radical (unpaired) electrons. The molecule has 0 spiro atoms. The van der Waals surface area contributed by atoms with Crippen LogP contribution < -0.4 is 10.6 Å². The fourth-order valence-electron chi connectivity index (χ4n) is 9.95. The van der Waals surface area contributed by atoms with E-state index in [1.54, 1.807) is 68.7 Å². The lowest BCUT2D eigenvalue weighted by atomic mass is 9.87. The van der Waals surface area contributed by atoms with Crippen LogP contribution in [-0.4, -0.2) is 155 Å². The molecule has 2 fully saturated rings. The van der Waals surface area contributed by atoms with Crippen LogP contribution in [0.2, 0.25) is 0 Å². The zero-order valence-electron chi connectivity index (χ0n) is 45.9. The van der Waals surface area contributed by atoms with E-state index in [4.69, 9.17) is 9.47 Å². The van der Waals surface area contributed by atoms with E-state index in [-0.39, 0.29) is 70.2 Å². The minimum absolute atomic E-state index is 0.0132. The van der Waals surface area contributed by atoms with E-state index in [1.807, 2.05) is 44.2 Å². The van der Waals surface area contributed by atoms with Gasteiger partial charge in [0, 0.05) is 71.8 Å². The largest absolute Gasteiger partial charge is 0.461 e. The molecule has 2 saturated heterocycles. The highest BCUT2D eigenvalue weighted by Gasteiger charge is 2.45. The molecular weight excluding hydrogens is 999 g/mol.